The fraction of sp³-hybridized carbons (Fsp3) is 0.680. The molecule has 28 heavy (non-hydrogen) atoms. The Morgan fingerprint density at radius 1 is 1.18 bits per heavy atom. The first kappa shape index (κ1) is 18.5. The molecule has 0 aromatic heterocycles. The first-order valence-corrected chi connectivity index (χ1v) is 11.4. The zero-order valence-corrected chi connectivity index (χ0v) is 17.5. The molecule has 2 saturated carbocycles. The largest absolute Gasteiger partial charge is 0.504 e. The first-order valence-electron chi connectivity index (χ1n) is 11.4. The van der Waals surface area contributed by atoms with Crippen molar-refractivity contribution in [2.75, 3.05) is 20.7 Å². The van der Waals surface area contributed by atoms with Crippen LogP contribution < -0.4 is 4.74 Å². The maximum atomic E-state index is 11.2. The second kappa shape index (κ2) is 7.09. The highest BCUT2D eigenvalue weighted by atomic mass is 16.5. The molecular weight excluding hydrogens is 346 g/mol. The highest BCUT2D eigenvalue weighted by Crippen LogP contribution is 2.60. The van der Waals surface area contributed by atoms with Crippen molar-refractivity contribution in [3.05, 3.63) is 34.9 Å². The third-order valence-corrected chi connectivity index (χ3v) is 8.47. The summed E-state index contributed by atoms with van der Waals surface area (Å²) in [7, 11) is 3.97. The second-order valence-electron chi connectivity index (χ2n) is 9.85. The highest BCUT2D eigenvalue weighted by Gasteiger charge is 2.55. The molecule has 0 unspecified atom stereocenters. The van der Waals surface area contributed by atoms with E-state index in [0.29, 0.717) is 23.5 Å². The molecule has 3 fully saturated rings. The van der Waals surface area contributed by atoms with Crippen molar-refractivity contribution in [1.29, 1.82) is 0 Å². The van der Waals surface area contributed by atoms with E-state index in [1.54, 1.807) is 12.7 Å². The lowest BCUT2D eigenvalue weighted by Gasteiger charge is -2.59. The average Bonchev–Trinajstić information content (AvgIpc) is 2.71. The van der Waals surface area contributed by atoms with E-state index in [-0.39, 0.29) is 5.41 Å². The van der Waals surface area contributed by atoms with Crippen LogP contribution in [0.3, 0.4) is 0 Å². The molecule has 0 spiro atoms. The van der Waals surface area contributed by atoms with Crippen molar-refractivity contribution in [1.82, 2.24) is 4.90 Å². The minimum absolute atomic E-state index is 0.0993. The molecule has 3 heteroatoms. The maximum absolute atomic E-state index is 11.2. The molecule has 3 aliphatic carbocycles. The number of likely N-dealkylation sites (N-methyl/N-ethyl adjacent to an activating group) is 1. The number of ether oxygens (including phenoxy) is 1. The fourth-order valence-electron chi connectivity index (χ4n) is 7.13. The van der Waals surface area contributed by atoms with Crippen molar-refractivity contribution >= 4 is 0 Å². The zero-order valence-electron chi connectivity index (χ0n) is 17.5. The van der Waals surface area contributed by atoms with Crippen LogP contribution >= 0.6 is 0 Å². The number of benzene rings is 1. The predicted molar refractivity (Wildman–Crippen MR) is 113 cm³/mol. The van der Waals surface area contributed by atoms with Gasteiger partial charge in [0.1, 0.15) is 0 Å². The molecule has 0 radical (unpaired) electrons. The van der Waals surface area contributed by atoms with Crippen LogP contribution in [0.25, 0.3) is 0 Å². The van der Waals surface area contributed by atoms with Gasteiger partial charge in [0.2, 0.25) is 0 Å². The number of fused-ring (bicyclic) bond motifs is 1. The molecular formula is C25H35NO2. The van der Waals surface area contributed by atoms with Crippen LogP contribution in [-0.4, -0.2) is 36.8 Å². The van der Waals surface area contributed by atoms with Gasteiger partial charge in [-0.2, -0.15) is 0 Å². The smallest absolute Gasteiger partial charge is 0.161 e. The Kier molecular flexibility index (Phi) is 4.70. The van der Waals surface area contributed by atoms with Crippen molar-refractivity contribution in [2.24, 2.45) is 11.8 Å². The van der Waals surface area contributed by atoms with Crippen LogP contribution in [0.5, 0.6) is 11.5 Å². The minimum Gasteiger partial charge on any atom is -0.504 e. The molecule has 1 N–H and O–H groups in total. The molecule has 0 amide bonds. The third-order valence-electron chi connectivity index (χ3n) is 8.47. The average molecular weight is 382 g/mol. The summed E-state index contributed by atoms with van der Waals surface area (Å²) < 4.78 is 5.52. The summed E-state index contributed by atoms with van der Waals surface area (Å²) in [5, 5.41) is 11.2. The van der Waals surface area contributed by atoms with Crippen LogP contribution in [0, 0.1) is 11.8 Å². The summed E-state index contributed by atoms with van der Waals surface area (Å²) in [6.07, 6.45) is 15.5. The molecule has 1 heterocycles. The van der Waals surface area contributed by atoms with E-state index >= 15 is 0 Å². The second-order valence-corrected chi connectivity index (χ2v) is 9.85. The molecule has 2 bridgehead atoms. The number of methoxy groups -OCH3 is 1. The number of rotatable bonds is 2. The summed E-state index contributed by atoms with van der Waals surface area (Å²) in [4.78, 5) is 2.59. The number of likely N-dealkylation sites (tertiary alicyclic amines) is 1. The van der Waals surface area contributed by atoms with E-state index in [9.17, 15) is 5.11 Å². The number of piperidine rings is 1. The molecule has 152 valence electrons. The van der Waals surface area contributed by atoms with Gasteiger partial charge in [0.25, 0.3) is 0 Å². The molecule has 4 aliphatic rings. The Labute approximate surface area is 169 Å². The van der Waals surface area contributed by atoms with Gasteiger partial charge in [-0.05, 0) is 82.0 Å². The van der Waals surface area contributed by atoms with Crippen LogP contribution in [0.4, 0.5) is 0 Å². The van der Waals surface area contributed by atoms with Gasteiger partial charge in [0, 0.05) is 17.0 Å². The summed E-state index contributed by atoms with van der Waals surface area (Å²) in [5.41, 5.74) is 4.35. The predicted octanol–water partition coefficient (Wildman–Crippen LogP) is 5.21. The van der Waals surface area contributed by atoms with Gasteiger partial charge in [0.05, 0.1) is 7.11 Å². The summed E-state index contributed by atoms with van der Waals surface area (Å²) in [6, 6.07) is 4.80. The monoisotopic (exact) mass is 381 g/mol. The first-order chi connectivity index (χ1) is 13.6. The number of nitrogens with zero attached hydrogens (tertiary/aromatic N) is 1. The number of hydrogen-bond acceptors (Lipinski definition) is 3. The van der Waals surface area contributed by atoms with Crippen molar-refractivity contribution in [3.63, 3.8) is 0 Å². The molecule has 5 rings (SSSR count). The number of phenolic OH excluding ortho intramolecular Hbond substituents is 1. The summed E-state index contributed by atoms with van der Waals surface area (Å²) in [5.74, 6) is 2.51. The molecule has 1 aliphatic heterocycles. The van der Waals surface area contributed by atoms with E-state index in [1.807, 2.05) is 6.07 Å². The van der Waals surface area contributed by atoms with Crippen molar-refractivity contribution in [2.45, 2.75) is 75.7 Å². The zero-order chi connectivity index (χ0) is 19.3. The molecule has 1 saturated heterocycles. The van der Waals surface area contributed by atoms with E-state index in [1.165, 1.54) is 56.1 Å². The summed E-state index contributed by atoms with van der Waals surface area (Å²) in [6.45, 7) is 1.13. The van der Waals surface area contributed by atoms with Gasteiger partial charge in [-0.1, -0.05) is 37.0 Å². The normalized spacial score (nSPS) is 34.7. The van der Waals surface area contributed by atoms with Gasteiger partial charge in [-0.25, -0.2) is 0 Å². The van der Waals surface area contributed by atoms with E-state index in [2.05, 4.69) is 24.1 Å². The lowest BCUT2D eigenvalue weighted by Crippen LogP contribution is -2.60. The Bertz CT molecular complexity index is 779. The molecule has 1 aromatic carbocycles. The van der Waals surface area contributed by atoms with Crippen LogP contribution in [0.2, 0.25) is 0 Å². The van der Waals surface area contributed by atoms with E-state index in [0.717, 1.165) is 31.7 Å². The lowest BCUT2D eigenvalue weighted by molar-refractivity contribution is 0.0131. The van der Waals surface area contributed by atoms with Gasteiger partial charge in [-0.15, -0.1) is 0 Å². The SMILES string of the molecule is COc1ccc2c(c1O)[C@]13CCN(C)[C@H](C2)[C@@H]1CC/C(=C\C1CCCCC1)C3. The summed E-state index contributed by atoms with van der Waals surface area (Å²) >= 11 is 0. The quantitative estimate of drug-likeness (QED) is 0.714. The number of phenols is 1. The van der Waals surface area contributed by atoms with Crippen molar-refractivity contribution in [3.8, 4) is 11.5 Å². The van der Waals surface area contributed by atoms with Crippen LogP contribution in [-0.2, 0) is 11.8 Å². The standard InChI is InChI=1S/C25H35NO2/c1-26-13-12-25-16-18(14-17-6-4-3-5-7-17)8-10-20(25)21(26)15-19-9-11-22(28-2)24(27)23(19)25/h9,11,14,17,20-21,27H,3-8,10,12-13,15-16H2,1-2H3/b18-14+/t20-,21+,25-/m0/s1. The maximum Gasteiger partial charge on any atom is 0.161 e. The van der Waals surface area contributed by atoms with E-state index in [4.69, 9.17) is 4.74 Å². The number of hydrogen-bond donors (Lipinski definition) is 1. The number of aromatic hydroxyl groups is 1. The topological polar surface area (TPSA) is 32.7 Å². The van der Waals surface area contributed by atoms with Gasteiger partial charge in [-0.3, -0.25) is 0 Å². The molecule has 3 atom stereocenters. The Morgan fingerprint density at radius 2 is 2.00 bits per heavy atom. The van der Waals surface area contributed by atoms with Gasteiger partial charge >= 0.3 is 0 Å². The van der Waals surface area contributed by atoms with E-state index < -0.39 is 0 Å². The van der Waals surface area contributed by atoms with Crippen LogP contribution in [0.15, 0.2) is 23.8 Å². The third kappa shape index (κ3) is 2.81. The Hall–Kier alpha value is -1.48. The molecule has 1 aromatic rings. The lowest BCUT2D eigenvalue weighted by atomic mass is 9.51. The highest BCUT2D eigenvalue weighted by molar-refractivity contribution is 5.57. The Balaban J connectivity index is 1.58. The number of allylic oxidation sites excluding steroid dienone is 2. The van der Waals surface area contributed by atoms with Gasteiger partial charge in [0.15, 0.2) is 11.5 Å². The Morgan fingerprint density at radius 3 is 2.79 bits per heavy atom. The van der Waals surface area contributed by atoms with Crippen LogP contribution in [0.1, 0.15) is 68.9 Å². The minimum atomic E-state index is 0.0993. The van der Waals surface area contributed by atoms with Gasteiger partial charge < -0.3 is 14.7 Å². The fourth-order valence-corrected chi connectivity index (χ4v) is 7.13. The van der Waals surface area contributed by atoms with Crippen molar-refractivity contribution < 1.29 is 9.84 Å². The molecule has 3 nitrogen and oxygen atoms in total.